The molecule has 0 amide bonds. The maximum Gasteiger partial charge on any atom is 0.231 e. The molecule has 0 saturated carbocycles. The highest BCUT2D eigenvalue weighted by Crippen LogP contribution is 2.52. The van der Waals surface area contributed by atoms with Gasteiger partial charge >= 0.3 is 0 Å². The van der Waals surface area contributed by atoms with Gasteiger partial charge in [0.25, 0.3) is 0 Å². The lowest BCUT2D eigenvalue weighted by molar-refractivity contribution is -0.118. The van der Waals surface area contributed by atoms with E-state index >= 15 is 0 Å². The number of rotatable bonds is 3. The second-order valence-corrected chi connectivity index (χ2v) is 8.80. The third-order valence-corrected chi connectivity index (χ3v) is 6.09. The summed E-state index contributed by atoms with van der Waals surface area (Å²) >= 11 is 0. The van der Waals surface area contributed by atoms with Gasteiger partial charge in [0.2, 0.25) is 6.79 Å². The number of ketones is 1. The first-order valence-electron chi connectivity index (χ1n) is 10.1. The normalized spacial score (nSPS) is 20.9. The van der Waals surface area contributed by atoms with Crippen LogP contribution in [0.25, 0.3) is 0 Å². The average Bonchev–Trinajstić information content (AvgIpc) is 3.18. The molecule has 2 aromatic carbocycles. The molecule has 2 aromatic rings. The molecule has 6 heteroatoms. The smallest absolute Gasteiger partial charge is 0.231 e. The van der Waals surface area contributed by atoms with Crippen LogP contribution < -0.4 is 24.3 Å². The predicted molar refractivity (Wildman–Crippen MR) is 113 cm³/mol. The van der Waals surface area contributed by atoms with Crippen molar-refractivity contribution < 1.29 is 23.7 Å². The molecule has 1 N–H and O–H groups in total. The summed E-state index contributed by atoms with van der Waals surface area (Å²) in [5, 5.41) is 3.53. The van der Waals surface area contributed by atoms with Crippen molar-refractivity contribution in [3.8, 4) is 23.0 Å². The van der Waals surface area contributed by atoms with Gasteiger partial charge in [-0.15, -0.1) is 0 Å². The van der Waals surface area contributed by atoms with E-state index in [0.29, 0.717) is 23.7 Å². The Labute approximate surface area is 175 Å². The Bertz CT molecular complexity index is 1090. The van der Waals surface area contributed by atoms with E-state index in [1.165, 1.54) is 0 Å². The van der Waals surface area contributed by atoms with Gasteiger partial charge in [-0.2, -0.15) is 0 Å². The minimum absolute atomic E-state index is 0.0869. The van der Waals surface area contributed by atoms with E-state index < -0.39 is 0 Å². The first-order chi connectivity index (χ1) is 14.4. The summed E-state index contributed by atoms with van der Waals surface area (Å²) in [5.74, 6) is 2.69. The van der Waals surface area contributed by atoms with Crippen LogP contribution in [0.15, 0.2) is 41.6 Å². The maximum atomic E-state index is 13.3. The van der Waals surface area contributed by atoms with Gasteiger partial charge < -0.3 is 24.3 Å². The molecule has 0 saturated heterocycles. The van der Waals surface area contributed by atoms with Gasteiger partial charge in [-0.05, 0) is 41.2 Å². The number of methoxy groups -OCH3 is 2. The lowest BCUT2D eigenvalue weighted by Crippen LogP contribution is -2.33. The molecule has 0 bridgehead atoms. The monoisotopic (exact) mass is 407 g/mol. The van der Waals surface area contributed by atoms with E-state index in [1.54, 1.807) is 14.2 Å². The maximum absolute atomic E-state index is 13.3. The lowest BCUT2D eigenvalue weighted by Gasteiger charge is -2.39. The van der Waals surface area contributed by atoms with E-state index in [0.717, 1.165) is 40.3 Å². The Kier molecular flexibility index (Phi) is 4.20. The summed E-state index contributed by atoms with van der Waals surface area (Å²) in [6, 6.07) is 9.83. The molecular weight excluding hydrogens is 382 g/mol. The second-order valence-electron chi connectivity index (χ2n) is 8.80. The number of ether oxygens (including phenoxy) is 4. The van der Waals surface area contributed by atoms with Crippen molar-refractivity contribution in [2.75, 3.05) is 26.3 Å². The van der Waals surface area contributed by atoms with Crippen LogP contribution >= 0.6 is 0 Å². The largest absolute Gasteiger partial charge is 0.493 e. The summed E-state index contributed by atoms with van der Waals surface area (Å²) < 4.78 is 22.2. The first kappa shape index (κ1) is 18.9. The third-order valence-electron chi connectivity index (χ3n) is 6.09. The van der Waals surface area contributed by atoms with E-state index in [9.17, 15) is 4.79 Å². The molecule has 0 unspecified atom stereocenters. The molecule has 3 aliphatic rings. The number of carbonyl (C=O) groups excluding carboxylic acids is 1. The van der Waals surface area contributed by atoms with Gasteiger partial charge in [0.05, 0.1) is 14.2 Å². The number of carbonyl (C=O) groups is 1. The lowest BCUT2D eigenvalue weighted by atomic mass is 9.68. The number of Topliss-reactive ketones (excluding diaryl/α,β-unsaturated/α-hetero) is 1. The minimum Gasteiger partial charge on any atom is -0.493 e. The van der Waals surface area contributed by atoms with Gasteiger partial charge in [0, 0.05) is 35.4 Å². The van der Waals surface area contributed by atoms with Crippen molar-refractivity contribution in [1.29, 1.82) is 0 Å². The minimum atomic E-state index is -0.214. The van der Waals surface area contributed by atoms with Gasteiger partial charge in [0.1, 0.15) is 0 Å². The summed E-state index contributed by atoms with van der Waals surface area (Å²) in [5.41, 5.74) is 4.63. The van der Waals surface area contributed by atoms with Crippen molar-refractivity contribution in [3.05, 3.63) is 52.7 Å². The second kappa shape index (κ2) is 6.69. The number of allylic oxidation sites excluding steroid dienone is 2. The third kappa shape index (κ3) is 2.90. The van der Waals surface area contributed by atoms with Crippen LogP contribution in [0.1, 0.15) is 43.7 Å². The fourth-order valence-electron chi connectivity index (χ4n) is 4.78. The summed E-state index contributed by atoms with van der Waals surface area (Å²) in [7, 11) is 3.25. The molecule has 1 atom stereocenters. The van der Waals surface area contributed by atoms with Crippen LogP contribution in [0.3, 0.4) is 0 Å². The number of benzene rings is 2. The Morgan fingerprint density at radius 1 is 1.00 bits per heavy atom. The van der Waals surface area contributed by atoms with E-state index in [2.05, 4.69) is 19.2 Å². The fourth-order valence-corrected chi connectivity index (χ4v) is 4.78. The molecule has 0 fully saturated rings. The highest BCUT2D eigenvalue weighted by atomic mass is 16.7. The van der Waals surface area contributed by atoms with Crippen LogP contribution in [0.2, 0.25) is 0 Å². The van der Waals surface area contributed by atoms with E-state index in [-0.39, 0.29) is 23.9 Å². The van der Waals surface area contributed by atoms with Crippen LogP contribution in [-0.4, -0.2) is 26.8 Å². The number of nitrogens with one attached hydrogen (secondary N) is 1. The molecule has 6 nitrogen and oxygen atoms in total. The molecule has 2 heterocycles. The van der Waals surface area contributed by atoms with Crippen LogP contribution in [0.5, 0.6) is 23.0 Å². The van der Waals surface area contributed by atoms with Crippen molar-refractivity contribution in [2.45, 2.75) is 32.6 Å². The quantitative estimate of drug-likeness (QED) is 0.800. The number of hydrogen-bond donors (Lipinski definition) is 1. The zero-order valence-electron chi connectivity index (χ0n) is 17.6. The van der Waals surface area contributed by atoms with Crippen LogP contribution in [0, 0.1) is 5.41 Å². The number of hydrogen-bond acceptors (Lipinski definition) is 6. The molecule has 30 heavy (non-hydrogen) atoms. The first-order valence-corrected chi connectivity index (χ1v) is 10.1. The van der Waals surface area contributed by atoms with Gasteiger partial charge in [-0.3, -0.25) is 4.79 Å². The fraction of sp³-hybridized carbons (Fsp3) is 0.375. The summed E-state index contributed by atoms with van der Waals surface area (Å²) in [6.07, 6.45) is 1.33. The standard InChI is InChI=1S/C24H25NO5/c1-24(2)10-16-23(17(26)11-24)22(13-5-6-18-21(7-13)30-12-29-18)14-8-19(27-3)20(28-4)9-15(14)25-16/h5-9,22,25H,10-12H2,1-4H3/t22-/m1/s1. The predicted octanol–water partition coefficient (Wildman–Crippen LogP) is 4.63. The Morgan fingerprint density at radius 3 is 2.50 bits per heavy atom. The molecule has 2 aliphatic heterocycles. The molecular formula is C24H25NO5. The number of fused-ring (bicyclic) bond motifs is 2. The highest BCUT2D eigenvalue weighted by molar-refractivity contribution is 6.01. The molecule has 0 spiro atoms. The van der Waals surface area contributed by atoms with Crippen LogP contribution in [0.4, 0.5) is 5.69 Å². The Hall–Kier alpha value is -3.15. The molecule has 0 aromatic heterocycles. The topological polar surface area (TPSA) is 66.0 Å². The van der Waals surface area contributed by atoms with Gasteiger partial charge in [-0.1, -0.05) is 19.9 Å². The van der Waals surface area contributed by atoms with Gasteiger partial charge in [-0.25, -0.2) is 0 Å². The molecule has 1 aliphatic carbocycles. The van der Waals surface area contributed by atoms with Crippen molar-refractivity contribution >= 4 is 11.5 Å². The highest BCUT2D eigenvalue weighted by Gasteiger charge is 2.41. The summed E-state index contributed by atoms with van der Waals surface area (Å²) in [4.78, 5) is 13.3. The average molecular weight is 407 g/mol. The van der Waals surface area contributed by atoms with Crippen molar-refractivity contribution in [2.24, 2.45) is 5.41 Å². The van der Waals surface area contributed by atoms with Crippen LogP contribution in [-0.2, 0) is 4.79 Å². The molecule has 0 radical (unpaired) electrons. The van der Waals surface area contributed by atoms with E-state index in [1.807, 2.05) is 30.3 Å². The zero-order chi connectivity index (χ0) is 21.0. The number of anilines is 1. The van der Waals surface area contributed by atoms with Crippen molar-refractivity contribution in [3.63, 3.8) is 0 Å². The Balaban J connectivity index is 1.73. The zero-order valence-corrected chi connectivity index (χ0v) is 17.6. The Morgan fingerprint density at radius 2 is 1.73 bits per heavy atom. The van der Waals surface area contributed by atoms with E-state index in [4.69, 9.17) is 18.9 Å². The SMILES string of the molecule is COc1cc2c(cc1OC)[C@@H](c1ccc3c(c1)OCO3)C1=C(CC(C)(C)CC1=O)N2. The molecule has 5 rings (SSSR count). The van der Waals surface area contributed by atoms with Gasteiger partial charge in [0.15, 0.2) is 28.8 Å². The van der Waals surface area contributed by atoms with Crippen molar-refractivity contribution in [1.82, 2.24) is 0 Å². The molecule has 156 valence electrons. The summed E-state index contributed by atoms with van der Waals surface area (Å²) in [6.45, 7) is 4.49.